The van der Waals surface area contributed by atoms with Crippen LogP contribution in [0.1, 0.15) is 38.7 Å². The lowest BCUT2D eigenvalue weighted by atomic mass is 9.72. The van der Waals surface area contributed by atoms with Gasteiger partial charge in [0.25, 0.3) is 0 Å². The maximum Gasteiger partial charge on any atom is 0.123 e. The van der Waals surface area contributed by atoms with Gasteiger partial charge in [-0.25, -0.2) is 4.39 Å². The van der Waals surface area contributed by atoms with Crippen LogP contribution in [-0.4, -0.2) is 6.61 Å². The topological polar surface area (TPSA) is 9.23 Å². The molecule has 23 heavy (non-hydrogen) atoms. The lowest BCUT2D eigenvalue weighted by Gasteiger charge is -2.32. The van der Waals surface area contributed by atoms with Crippen LogP contribution in [0.3, 0.4) is 0 Å². The quantitative estimate of drug-likeness (QED) is 0.698. The van der Waals surface area contributed by atoms with Gasteiger partial charge in [-0.2, -0.15) is 0 Å². The van der Waals surface area contributed by atoms with Crippen LogP contribution in [0.15, 0.2) is 54.6 Å². The maximum absolute atomic E-state index is 13.2. The van der Waals surface area contributed by atoms with Crippen LogP contribution in [0.25, 0.3) is 0 Å². The summed E-state index contributed by atoms with van der Waals surface area (Å²) < 4.78 is 19.1. The third-order valence-electron chi connectivity index (χ3n) is 5.38. The molecule has 0 bridgehead atoms. The van der Waals surface area contributed by atoms with Gasteiger partial charge in [-0.15, -0.1) is 0 Å². The fraction of sp³-hybridized carbons (Fsp3) is 0.429. The van der Waals surface area contributed by atoms with Gasteiger partial charge in [0.1, 0.15) is 11.6 Å². The highest BCUT2D eigenvalue weighted by Gasteiger charge is 2.37. The minimum atomic E-state index is -0.162. The molecule has 2 heteroatoms. The molecule has 0 saturated heterocycles. The average molecular weight is 312 g/mol. The Hall–Kier alpha value is -1.83. The van der Waals surface area contributed by atoms with Crippen molar-refractivity contribution in [3.05, 3.63) is 66.0 Å². The van der Waals surface area contributed by atoms with Crippen molar-refractivity contribution in [2.75, 3.05) is 6.61 Å². The number of hydrogen-bond donors (Lipinski definition) is 0. The fourth-order valence-electron chi connectivity index (χ4n) is 3.73. The summed E-state index contributed by atoms with van der Waals surface area (Å²) in [6.45, 7) is 5.36. The Morgan fingerprint density at radius 2 is 1.70 bits per heavy atom. The van der Waals surface area contributed by atoms with Crippen molar-refractivity contribution >= 4 is 0 Å². The van der Waals surface area contributed by atoms with Gasteiger partial charge in [-0.1, -0.05) is 44.2 Å². The molecule has 0 aliphatic heterocycles. The second-order valence-electron chi connectivity index (χ2n) is 7.23. The highest BCUT2D eigenvalue weighted by atomic mass is 19.1. The van der Waals surface area contributed by atoms with Crippen molar-refractivity contribution in [1.29, 1.82) is 0 Å². The van der Waals surface area contributed by atoms with Gasteiger partial charge in [0.2, 0.25) is 0 Å². The van der Waals surface area contributed by atoms with Crippen LogP contribution < -0.4 is 4.74 Å². The molecule has 0 N–H and O–H groups in total. The zero-order chi connectivity index (χ0) is 16.3. The van der Waals surface area contributed by atoms with Gasteiger partial charge in [0.15, 0.2) is 0 Å². The summed E-state index contributed by atoms with van der Waals surface area (Å²) in [5.74, 6) is 2.02. The van der Waals surface area contributed by atoms with E-state index in [1.807, 2.05) is 42.5 Å². The molecule has 0 spiro atoms. The zero-order valence-electron chi connectivity index (χ0n) is 14.0. The summed E-state index contributed by atoms with van der Waals surface area (Å²) in [6.07, 6.45) is 3.60. The zero-order valence-corrected chi connectivity index (χ0v) is 14.0. The SMILES string of the molecule is CC(C)(c1ccc(F)cc1)C1CCC(COc2ccccc2)C1. The molecule has 2 atom stereocenters. The molecule has 1 aliphatic carbocycles. The number of rotatable bonds is 5. The predicted octanol–water partition coefficient (Wildman–Crippen LogP) is 5.60. The van der Waals surface area contributed by atoms with E-state index in [9.17, 15) is 4.39 Å². The van der Waals surface area contributed by atoms with Crippen LogP contribution in [0.2, 0.25) is 0 Å². The summed E-state index contributed by atoms with van der Waals surface area (Å²) in [5, 5.41) is 0. The third-order valence-corrected chi connectivity index (χ3v) is 5.38. The number of para-hydroxylation sites is 1. The summed E-state index contributed by atoms with van der Waals surface area (Å²) in [7, 11) is 0. The lowest BCUT2D eigenvalue weighted by Crippen LogP contribution is -2.27. The highest BCUT2D eigenvalue weighted by molar-refractivity contribution is 5.26. The van der Waals surface area contributed by atoms with E-state index in [0.717, 1.165) is 12.4 Å². The van der Waals surface area contributed by atoms with Crippen molar-refractivity contribution in [1.82, 2.24) is 0 Å². The molecular weight excluding hydrogens is 287 g/mol. The largest absolute Gasteiger partial charge is 0.493 e. The molecule has 0 amide bonds. The summed E-state index contributed by atoms with van der Waals surface area (Å²) in [4.78, 5) is 0. The molecule has 1 nitrogen and oxygen atoms in total. The van der Waals surface area contributed by atoms with Crippen LogP contribution >= 0.6 is 0 Å². The summed E-state index contributed by atoms with van der Waals surface area (Å²) >= 11 is 0. The highest BCUT2D eigenvalue weighted by Crippen LogP contribution is 2.44. The van der Waals surface area contributed by atoms with E-state index < -0.39 is 0 Å². The number of ether oxygens (including phenoxy) is 1. The minimum Gasteiger partial charge on any atom is -0.493 e. The van der Waals surface area contributed by atoms with Gasteiger partial charge >= 0.3 is 0 Å². The first-order chi connectivity index (χ1) is 11.1. The number of benzene rings is 2. The normalized spacial score (nSPS) is 21.3. The molecule has 2 unspecified atom stereocenters. The molecule has 3 rings (SSSR count). The van der Waals surface area contributed by atoms with E-state index in [2.05, 4.69) is 13.8 Å². The fourth-order valence-corrected chi connectivity index (χ4v) is 3.73. The smallest absolute Gasteiger partial charge is 0.123 e. The van der Waals surface area contributed by atoms with E-state index >= 15 is 0 Å². The minimum absolute atomic E-state index is 0.0786. The second-order valence-corrected chi connectivity index (χ2v) is 7.23. The monoisotopic (exact) mass is 312 g/mol. The first-order valence-electron chi connectivity index (χ1n) is 8.49. The lowest BCUT2D eigenvalue weighted by molar-refractivity contribution is 0.236. The van der Waals surface area contributed by atoms with E-state index in [0.29, 0.717) is 11.8 Å². The van der Waals surface area contributed by atoms with Crippen LogP contribution in [-0.2, 0) is 5.41 Å². The molecule has 0 aromatic heterocycles. The van der Waals surface area contributed by atoms with Crippen LogP contribution in [0.4, 0.5) is 4.39 Å². The van der Waals surface area contributed by atoms with E-state index in [4.69, 9.17) is 4.74 Å². The van der Waals surface area contributed by atoms with Gasteiger partial charge in [0.05, 0.1) is 6.61 Å². The van der Waals surface area contributed by atoms with Gasteiger partial charge in [-0.3, -0.25) is 0 Å². The van der Waals surface area contributed by atoms with Crippen molar-refractivity contribution in [2.45, 2.75) is 38.5 Å². The standard InChI is InChI=1S/C21H25FO/c1-21(2,17-10-12-19(22)13-11-17)18-9-8-16(14-18)15-23-20-6-4-3-5-7-20/h3-7,10-13,16,18H,8-9,14-15H2,1-2H3. The van der Waals surface area contributed by atoms with Crippen LogP contribution in [0, 0.1) is 17.7 Å². The van der Waals surface area contributed by atoms with Crippen molar-refractivity contribution < 1.29 is 9.13 Å². The second kappa shape index (κ2) is 6.74. The molecule has 1 fully saturated rings. The molecular formula is C21H25FO. The van der Waals surface area contributed by atoms with Gasteiger partial charge in [0, 0.05) is 0 Å². The Balaban J connectivity index is 1.59. The Morgan fingerprint density at radius 1 is 1.00 bits per heavy atom. The number of hydrogen-bond acceptors (Lipinski definition) is 1. The molecule has 1 aliphatic rings. The summed E-state index contributed by atoms with van der Waals surface area (Å²) in [5.41, 5.74) is 1.31. The average Bonchev–Trinajstić information content (AvgIpc) is 3.04. The van der Waals surface area contributed by atoms with E-state index in [1.54, 1.807) is 12.1 Å². The molecule has 0 radical (unpaired) electrons. The molecule has 2 aromatic carbocycles. The Kier molecular flexibility index (Phi) is 4.70. The van der Waals surface area contributed by atoms with Crippen molar-refractivity contribution in [2.24, 2.45) is 11.8 Å². The molecule has 1 saturated carbocycles. The Labute approximate surface area is 138 Å². The van der Waals surface area contributed by atoms with Crippen LogP contribution in [0.5, 0.6) is 5.75 Å². The first kappa shape index (κ1) is 16.0. The predicted molar refractivity (Wildman–Crippen MR) is 92.2 cm³/mol. The van der Waals surface area contributed by atoms with E-state index in [-0.39, 0.29) is 11.2 Å². The van der Waals surface area contributed by atoms with E-state index in [1.165, 1.54) is 24.8 Å². The van der Waals surface area contributed by atoms with Crippen molar-refractivity contribution in [3.63, 3.8) is 0 Å². The number of halogens is 1. The Bertz CT molecular complexity index is 618. The third kappa shape index (κ3) is 3.74. The maximum atomic E-state index is 13.2. The molecule has 122 valence electrons. The van der Waals surface area contributed by atoms with Gasteiger partial charge in [-0.05, 0) is 66.3 Å². The molecule has 2 aromatic rings. The van der Waals surface area contributed by atoms with Crippen molar-refractivity contribution in [3.8, 4) is 5.75 Å². The van der Waals surface area contributed by atoms with Gasteiger partial charge < -0.3 is 4.74 Å². The summed E-state index contributed by atoms with van der Waals surface area (Å²) in [6, 6.07) is 17.0. The Morgan fingerprint density at radius 3 is 2.39 bits per heavy atom. The molecule has 0 heterocycles. The first-order valence-corrected chi connectivity index (χ1v) is 8.49.